The molecule has 1 aromatic rings. The molecule has 0 bridgehead atoms. The number of halogens is 2. The van der Waals surface area contributed by atoms with Crippen LogP contribution >= 0.6 is 11.8 Å². The lowest BCUT2D eigenvalue weighted by Crippen LogP contribution is -2.29. The standard InChI is InChI=1S/C14H19F2NO4S/c1-3-20-12(18)6-9(2)7-17-13(19)11-5-4-10(21-11)8-22-14(15)16/h4-5,9,14H,3,6-8H2,1-2H3,(H,17,19). The Labute approximate surface area is 131 Å². The molecule has 8 heteroatoms. The Kier molecular flexibility index (Phi) is 7.94. The first kappa shape index (κ1) is 18.5. The van der Waals surface area contributed by atoms with Crippen LogP contribution in [0, 0.1) is 5.92 Å². The second-order valence-electron chi connectivity index (χ2n) is 4.66. The summed E-state index contributed by atoms with van der Waals surface area (Å²) in [6.07, 6.45) is 0.211. The molecule has 1 N–H and O–H groups in total. The number of esters is 1. The Morgan fingerprint density at radius 1 is 1.41 bits per heavy atom. The summed E-state index contributed by atoms with van der Waals surface area (Å²) in [6, 6.07) is 2.93. The lowest BCUT2D eigenvalue weighted by Gasteiger charge is -2.11. The normalized spacial score (nSPS) is 12.2. The van der Waals surface area contributed by atoms with Crippen LogP contribution < -0.4 is 5.32 Å². The second kappa shape index (κ2) is 9.45. The van der Waals surface area contributed by atoms with E-state index in [1.807, 2.05) is 6.92 Å². The van der Waals surface area contributed by atoms with E-state index in [4.69, 9.17) is 9.15 Å². The van der Waals surface area contributed by atoms with Gasteiger partial charge in [-0.15, -0.1) is 0 Å². The van der Waals surface area contributed by atoms with Crippen LogP contribution in [-0.4, -0.2) is 30.8 Å². The number of carbonyl (C=O) groups excluding carboxylic acids is 2. The number of amides is 1. The number of alkyl halides is 2. The molecule has 5 nitrogen and oxygen atoms in total. The molecule has 0 fully saturated rings. The van der Waals surface area contributed by atoms with Crippen LogP contribution in [0.3, 0.4) is 0 Å². The van der Waals surface area contributed by atoms with Gasteiger partial charge >= 0.3 is 5.97 Å². The van der Waals surface area contributed by atoms with Crippen LogP contribution in [0.5, 0.6) is 0 Å². The van der Waals surface area contributed by atoms with E-state index in [1.165, 1.54) is 12.1 Å². The summed E-state index contributed by atoms with van der Waals surface area (Å²) < 4.78 is 34.1. The highest BCUT2D eigenvalue weighted by Gasteiger charge is 2.15. The minimum Gasteiger partial charge on any atom is -0.466 e. The molecule has 0 saturated heterocycles. The van der Waals surface area contributed by atoms with Crippen molar-refractivity contribution in [3.63, 3.8) is 0 Å². The molecule has 1 heterocycles. The van der Waals surface area contributed by atoms with Crippen molar-refractivity contribution in [2.75, 3.05) is 13.2 Å². The number of carbonyl (C=O) groups is 2. The summed E-state index contributed by atoms with van der Waals surface area (Å²) in [5.41, 5.74) is 0. The minimum atomic E-state index is -2.48. The molecular formula is C14H19F2NO4S. The van der Waals surface area contributed by atoms with Gasteiger partial charge in [0.1, 0.15) is 5.76 Å². The summed E-state index contributed by atoms with van der Waals surface area (Å²) >= 11 is 0.429. The summed E-state index contributed by atoms with van der Waals surface area (Å²) in [5.74, 6) is -2.93. The third-order valence-electron chi connectivity index (χ3n) is 2.67. The van der Waals surface area contributed by atoms with Gasteiger partial charge in [-0.3, -0.25) is 9.59 Å². The predicted molar refractivity (Wildman–Crippen MR) is 78.8 cm³/mol. The number of furan rings is 1. The molecule has 0 aliphatic carbocycles. The molecule has 124 valence electrons. The fraction of sp³-hybridized carbons (Fsp3) is 0.571. The number of hydrogen-bond acceptors (Lipinski definition) is 5. The van der Waals surface area contributed by atoms with Crippen molar-refractivity contribution in [2.45, 2.75) is 31.8 Å². The maximum absolute atomic E-state index is 12.1. The molecule has 0 aromatic carbocycles. The van der Waals surface area contributed by atoms with Crippen LogP contribution in [0.4, 0.5) is 8.78 Å². The van der Waals surface area contributed by atoms with Crippen LogP contribution in [0.1, 0.15) is 36.6 Å². The zero-order chi connectivity index (χ0) is 16.5. The first-order chi connectivity index (χ1) is 10.4. The average molecular weight is 335 g/mol. The van der Waals surface area contributed by atoms with Crippen molar-refractivity contribution in [1.82, 2.24) is 5.32 Å². The van der Waals surface area contributed by atoms with Crippen molar-refractivity contribution in [1.29, 1.82) is 0 Å². The Morgan fingerprint density at radius 3 is 2.77 bits per heavy atom. The third-order valence-corrected chi connectivity index (χ3v) is 3.37. The van der Waals surface area contributed by atoms with Crippen LogP contribution in [0.15, 0.2) is 16.5 Å². The second-order valence-corrected chi connectivity index (χ2v) is 5.64. The van der Waals surface area contributed by atoms with Gasteiger partial charge in [-0.25, -0.2) is 0 Å². The molecule has 1 amide bonds. The average Bonchev–Trinajstić information content (AvgIpc) is 2.91. The van der Waals surface area contributed by atoms with E-state index in [0.29, 0.717) is 30.7 Å². The van der Waals surface area contributed by atoms with Crippen LogP contribution in [0.2, 0.25) is 0 Å². The Morgan fingerprint density at radius 2 is 2.14 bits per heavy atom. The molecule has 0 saturated carbocycles. The van der Waals surface area contributed by atoms with Gasteiger partial charge in [-0.1, -0.05) is 18.7 Å². The maximum Gasteiger partial charge on any atom is 0.306 e. The zero-order valence-corrected chi connectivity index (χ0v) is 13.3. The lowest BCUT2D eigenvalue weighted by atomic mass is 10.1. The monoisotopic (exact) mass is 335 g/mol. The molecule has 1 unspecified atom stereocenters. The summed E-state index contributed by atoms with van der Waals surface area (Å²) in [5, 5.41) is 2.63. The van der Waals surface area contributed by atoms with Crippen molar-refractivity contribution >= 4 is 23.6 Å². The molecular weight excluding hydrogens is 316 g/mol. The molecule has 0 spiro atoms. The number of thioether (sulfide) groups is 1. The molecule has 0 radical (unpaired) electrons. The van der Waals surface area contributed by atoms with E-state index < -0.39 is 11.7 Å². The molecule has 0 aliphatic rings. The van der Waals surface area contributed by atoms with Crippen molar-refractivity contribution in [2.24, 2.45) is 5.92 Å². The number of rotatable bonds is 9. The lowest BCUT2D eigenvalue weighted by molar-refractivity contribution is -0.144. The van der Waals surface area contributed by atoms with E-state index in [-0.39, 0.29) is 29.8 Å². The van der Waals surface area contributed by atoms with Crippen molar-refractivity contribution < 1.29 is 27.5 Å². The topological polar surface area (TPSA) is 68.5 Å². The van der Waals surface area contributed by atoms with Gasteiger partial charge in [-0.2, -0.15) is 8.78 Å². The van der Waals surface area contributed by atoms with E-state index in [9.17, 15) is 18.4 Å². The van der Waals surface area contributed by atoms with Crippen LogP contribution in [-0.2, 0) is 15.3 Å². The van der Waals surface area contributed by atoms with E-state index >= 15 is 0 Å². The smallest absolute Gasteiger partial charge is 0.306 e. The Hall–Kier alpha value is -1.57. The first-order valence-corrected chi connectivity index (χ1v) is 7.89. The minimum absolute atomic E-state index is 0.00417. The number of hydrogen-bond donors (Lipinski definition) is 1. The Bertz CT molecular complexity index is 493. The highest BCUT2D eigenvalue weighted by molar-refractivity contribution is 7.98. The van der Waals surface area contributed by atoms with Gasteiger partial charge in [0.15, 0.2) is 5.76 Å². The van der Waals surface area contributed by atoms with E-state index in [2.05, 4.69) is 5.32 Å². The SMILES string of the molecule is CCOC(=O)CC(C)CNC(=O)c1ccc(CSC(F)F)o1. The van der Waals surface area contributed by atoms with Gasteiger partial charge in [0.05, 0.1) is 12.4 Å². The van der Waals surface area contributed by atoms with Crippen molar-refractivity contribution in [3.8, 4) is 0 Å². The summed E-state index contributed by atoms with van der Waals surface area (Å²) in [7, 11) is 0. The number of ether oxygens (including phenoxy) is 1. The molecule has 1 atom stereocenters. The molecule has 0 aliphatic heterocycles. The highest BCUT2D eigenvalue weighted by atomic mass is 32.2. The molecule has 1 rings (SSSR count). The fourth-order valence-corrected chi connectivity index (χ4v) is 2.10. The van der Waals surface area contributed by atoms with Crippen LogP contribution in [0.25, 0.3) is 0 Å². The first-order valence-electron chi connectivity index (χ1n) is 6.84. The third kappa shape index (κ3) is 6.93. The summed E-state index contributed by atoms with van der Waals surface area (Å²) in [4.78, 5) is 23.1. The van der Waals surface area contributed by atoms with Gasteiger partial charge in [0.2, 0.25) is 0 Å². The van der Waals surface area contributed by atoms with Gasteiger partial charge in [-0.05, 0) is 25.0 Å². The maximum atomic E-state index is 12.1. The van der Waals surface area contributed by atoms with Crippen molar-refractivity contribution in [3.05, 3.63) is 23.7 Å². The van der Waals surface area contributed by atoms with Gasteiger partial charge < -0.3 is 14.5 Å². The van der Waals surface area contributed by atoms with Gasteiger partial charge in [0, 0.05) is 13.0 Å². The fourth-order valence-electron chi connectivity index (χ4n) is 1.65. The molecule has 22 heavy (non-hydrogen) atoms. The summed E-state index contributed by atoms with van der Waals surface area (Å²) in [6.45, 7) is 4.15. The predicted octanol–water partition coefficient (Wildman–Crippen LogP) is 3.05. The highest BCUT2D eigenvalue weighted by Crippen LogP contribution is 2.21. The molecule has 1 aromatic heterocycles. The largest absolute Gasteiger partial charge is 0.466 e. The zero-order valence-electron chi connectivity index (χ0n) is 12.4. The quantitative estimate of drug-likeness (QED) is 0.703. The number of nitrogens with one attached hydrogen (secondary N) is 1. The van der Waals surface area contributed by atoms with Gasteiger partial charge in [0.25, 0.3) is 11.7 Å². The van der Waals surface area contributed by atoms with E-state index in [0.717, 1.165) is 0 Å². The Balaban J connectivity index is 2.37. The van der Waals surface area contributed by atoms with E-state index in [1.54, 1.807) is 6.92 Å².